The second-order valence-corrected chi connectivity index (χ2v) is 5.21. The Labute approximate surface area is 125 Å². The van der Waals surface area contributed by atoms with Gasteiger partial charge < -0.3 is 10.5 Å². The summed E-state index contributed by atoms with van der Waals surface area (Å²) in [5.41, 5.74) is 8.45. The van der Waals surface area contributed by atoms with E-state index in [2.05, 4.69) is 19.1 Å². The van der Waals surface area contributed by atoms with Crippen molar-refractivity contribution in [2.24, 2.45) is 5.73 Å². The van der Waals surface area contributed by atoms with E-state index in [0.717, 1.165) is 12.8 Å². The number of aryl methyl sites for hydroxylation is 1. The molecule has 2 nitrogen and oxygen atoms in total. The molecule has 1 atom stereocenters. The van der Waals surface area contributed by atoms with Crippen LogP contribution in [0.5, 0.6) is 5.75 Å². The molecule has 0 aliphatic rings. The maximum Gasteiger partial charge on any atom is 0.165 e. The quantitative estimate of drug-likeness (QED) is 0.780. The highest BCUT2D eigenvalue weighted by molar-refractivity contribution is 5.29. The molecule has 3 heteroatoms. The van der Waals surface area contributed by atoms with Crippen LogP contribution in [0.2, 0.25) is 0 Å². The molecule has 2 rings (SSSR count). The third kappa shape index (κ3) is 4.30. The third-order valence-electron chi connectivity index (χ3n) is 3.70. The van der Waals surface area contributed by atoms with Gasteiger partial charge in [0.05, 0.1) is 6.61 Å². The van der Waals surface area contributed by atoms with Crippen molar-refractivity contribution in [1.82, 2.24) is 0 Å². The van der Waals surface area contributed by atoms with Crippen molar-refractivity contribution < 1.29 is 9.13 Å². The van der Waals surface area contributed by atoms with Crippen molar-refractivity contribution in [3.8, 4) is 5.75 Å². The van der Waals surface area contributed by atoms with Gasteiger partial charge in [-0.1, -0.05) is 36.4 Å². The average molecular weight is 287 g/mol. The summed E-state index contributed by atoms with van der Waals surface area (Å²) in [6.07, 6.45) is 1.79. The predicted octanol–water partition coefficient (Wildman–Crippen LogP) is 4.04. The fraction of sp³-hybridized carbons (Fsp3) is 0.333. The number of halogens is 1. The molecule has 1 unspecified atom stereocenters. The molecule has 0 amide bonds. The van der Waals surface area contributed by atoms with Gasteiger partial charge in [-0.3, -0.25) is 0 Å². The van der Waals surface area contributed by atoms with Crippen LogP contribution in [0.4, 0.5) is 4.39 Å². The van der Waals surface area contributed by atoms with Crippen molar-refractivity contribution >= 4 is 0 Å². The van der Waals surface area contributed by atoms with Crippen LogP contribution in [-0.2, 0) is 0 Å². The van der Waals surface area contributed by atoms with Crippen LogP contribution in [0.25, 0.3) is 0 Å². The summed E-state index contributed by atoms with van der Waals surface area (Å²) in [7, 11) is 0. The minimum absolute atomic E-state index is 0.313. The summed E-state index contributed by atoms with van der Waals surface area (Å²) >= 11 is 0. The number of rotatable bonds is 7. The highest BCUT2D eigenvalue weighted by Gasteiger charge is 2.11. The van der Waals surface area contributed by atoms with Gasteiger partial charge in [0.1, 0.15) is 0 Å². The largest absolute Gasteiger partial charge is 0.491 e. The molecule has 21 heavy (non-hydrogen) atoms. The van der Waals surface area contributed by atoms with Crippen LogP contribution in [0.3, 0.4) is 0 Å². The average Bonchev–Trinajstić information content (AvgIpc) is 2.50. The Hall–Kier alpha value is -1.87. The molecule has 112 valence electrons. The molecule has 2 aromatic rings. The predicted molar refractivity (Wildman–Crippen MR) is 84.1 cm³/mol. The van der Waals surface area contributed by atoms with Crippen molar-refractivity contribution in [3.63, 3.8) is 0 Å². The van der Waals surface area contributed by atoms with Crippen LogP contribution in [0.15, 0.2) is 48.5 Å². The molecule has 0 aliphatic heterocycles. The number of hydrogen-bond acceptors (Lipinski definition) is 2. The standard InChI is InChI=1S/C18H22FNO/c1-14-7-2-3-9-16(14)15(13-20)8-6-12-21-18-11-5-4-10-17(18)19/h2-5,7,9-11,15H,6,8,12-13,20H2,1H3. The van der Waals surface area contributed by atoms with E-state index < -0.39 is 0 Å². The molecule has 0 heterocycles. The Bertz CT molecular complexity index is 571. The van der Waals surface area contributed by atoms with Gasteiger partial charge in [0, 0.05) is 0 Å². The summed E-state index contributed by atoms with van der Waals surface area (Å²) in [6.45, 7) is 3.22. The van der Waals surface area contributed by atoms with Crippen LogP contribution in [0.1, 0.15) is 29.9 Å². The van der Waals surface area contributed by atoms with E-state index in [1.165, 1.54) is 17.2 Å². The maximum atomic E-state index is 13.4. The lowest BCUT2D eigenvalue weighted by Crippen LogP contribution is -2.14. The molecular formula is C18H22FNO. The minimum atomic E-state index is -0.313. The zero-order valence-corrected chi connectivity index (χ0v) is 12.4. The van der Waals surface area contributed by atoms with Gasteiger partial charge in [-0.15, -0.1) is 0 Å². The molecule has 2 aromatic carbocycles. The smallest absolute Gasteiger partial charge is 0.165 e. The first-order valence-corrected chi connectivity index (χ1v) is 7.35. The Morgan fingerprint density at radius 2 is 1.81 bits per heavy atom. The lowest BCUT2D eigenvalue weighted by molar-refractivity contribution is 0.287. The first-order valence-electron chi connectivity index (χ1n) is 7.35. The van der Waals surface area contributed by atoms with E-state index in [0.29, 0.717) is 24.8 Å². The first-order chi connectivity index (χ1) is 10.2. The molecular weight excluding hydrogens is 265 g/mol. The van der Waals surface area contributed by atoms with Gasteiger partial charge in [-0.2, -0.15) is 0 Å². The molecule has 0 aliphatic carbocycles. The van der Waals surface area contributed by atoms with E-state index in [4.69, 9.17) is 10.5 Å². The normalized spacial score (nSPS) is 12.1. The minimum Gasteiger partial charge on any atom is -0.491 e. The third-order valence-corrected chi connectivity index (χ3v) is 3.70. The summed E-state index contributed by atoms with van der Waals surface area (Å²) in [5, 5.41) is 0. The Kier molecular flexibility index (Phi) is 5.76. The van der Waals surface area contributed by atoms with Crippen molar-refractivity contribution in [2.45, 2.75) is 25.7 Å². The van der Waals surface area contributed by atoms with E-state index >= 15 is 0 Å². The molecule has 2 N–H and O–H groups in total. The first kappa shape index (κ1) is 15.5. The summed E-state index contributed by atoms with van der Waals surface area (Å²) in [5.74, 6) is 0.333. The second-order valence-electron chi connectivity index (χ2n) is 5.21. The van der Waals surface area contributed by atoms with Gasteiger partial charge in [-0.25, -0.2) is 4.39 Å². The Morgan fingerprint density at radius 3 is 2.52 bits per heavy atom. The van der Waals surface area contributed by atoms with Gasteiger partial charge in [0.2, 0.25) is 0 Å². The second kappa shape index (κ2) is 7.79. The van der Waals surface area contributed by atoms with E-state index in [-0.39, 0.29) is 5.82 Å². The van der Waals surface area contributed by atoms with Crippen molar-refractivity contribution in [3.05, 3.63) is 65.5 Å². The zero-order chi connectivity index (χ0) is 15.1. The van der Waals surface area contributed by atoms with Gasteiger partial charge in [0.25, 0.3) is 0 Å². The topological polar surface area (TPSA) is 35.2 Å². The highest BCUT2D eigenvalue weighted by Crippen LogP contribution is 2.24. The number of benzene rings is 2. The molecule has 0 saturated heterocycles. The number of ether oxygens (including phenoxy) is 1. The van der Waals surface area contributed by atoms with Crippen molar-refractivity contribution in [2.75, 3.05) is 13.2 Å². The maximum absolute atomic E-state index is 13.4. The van der Waals surface area contributed by atoms with Gasteiger partial charge in [-0.05, 0) is 55.5 Å². The molecule has 0 bridgehead atoms. The number of nitrogens with two attached hydrogens (primary N) is 1. The molecule has 0 radical (unpaired) electrons. The molecule has 0 fully saturated rings. The fourth-order valence-corrected chi connectivity index (χ4v) is 2.52. The highest BCUT2D eigenvalue weighted by atomic mass is 19.1. The molecule has 0 spiro atoms. The van der Waals surface area contributed by atoms with Crippen LogP contribution in [-0.4, -0.2) is 13.2 Å². The summed E-state index contributed by atoms with van der Waals surface area (Å²) in [6, 6.07) is 14.8. The van der Waals surface area contributed by atoms with Gasteiger partial charge >= 0.3 is 0 Å². The molecule has 0 saturated carbocycles. The molecule has 0 aromatic heterocycles. The number of para-hydroxylation sites is 1. The summed E-state index contributed by atoms with van der Waals surface area (Å²) < 4.78 is 18.9. The Balaban J connectivity index is 1.85. The lowest BCUT2D eigenvalue weighted by Gasteiger charge is -2.17. The van der Waals surface area contributed by atoms with E-state index in [1.807, 2.05) is 12.1 Å². The van der Waals surface area contributed by atoms with E-state index in [1.54, 1.807) is 18.2 Å². The van der Waals surface area contributed by atoms with Crippen LogP contribution in [0, 0.1) is 12.7 Å². The fourth-order valence-electron chi connectivity index (χ4n) is 2.52. The van der Waals surface area contributed by atoms with Crippen molar-refractivity contribution in [1.29, 1.82) is 0 Å². The lowest BCUT2D eigenvalue weighted by atomic mass is 9.91. The monoisotopic (exact) mass is 287 g/mol. The number of hydrogen-bond donors (Lipinski definition) is 1. The summed E-state index contributed by atoms with van der Waals surface area (Å²) in [4.78, 5) is 0. The van der Waals surface area contributed by atoms with Gasteiger partial charge in [0.15, 0.2) is 11.6 Å². The zero-order valence-electron chi connectivity index (χ0n) is 12.4. The van der Waals surface area contributed by atoms with Crippen LogP contribution >= 0.6 is 0 Å². The Morgan fingerprint density at radius 1 is 1.10 bits per heavy atom. The van der Waals surface area contributed by atoms with Crippen LogP contribution < -0.4 is 10.5 Å². The van der Waals surface area contributed by atoms with E-state index in [9.17, 15) is 4.39 Å². The SMILES string of the molecule is Cc1ccccc1C(CN)CCCOc1ccccc1F.